The van der Waals surface area contributed by atoms with Gasteiger partial charge in [0.2, 0.25) is 0 Å². The van der Waals surface area contributed by atoms with Crippen molar-refractivity contribution in [3.8, 4) is 11.1 Å². The Balaban J connectivity index is 2.55. The van der Waals surface area contributed by atoms with Gasteiger partial charge in [-0.1, -0.05) is 18.2 Å². The first-order valence-electron chi connectivity index (χ1n) is 4.91. The lowest BCUT2D eigenvalue weighted by molar-refractivity contribution is 0.112. The molecule has 0 fully saturated rings. The second-order valence-corrected chi connectivity index (χ2v) is 3.59. The number of carbonyl (C=O) groups is 1. The summed E-state index contributed by atoms with van der Waals surface area (Å²) in [4.78, 5) is 10.9. The first-order chi connectivity index (χ1) is 7.70. The van der Waals surface area contributed by atoms with Gasteiger partial charge in [-0.15, -0.1) is 0 Å². The summed E-state index contributed by atoms with van der Waals surface area (Å²) < 4.78 is 0. The third-order valence-corrected chi connectivity index (χ3v) is 2.42. The van der Waals surface area contributed by atoms with Gasteiger partial charge in [0.25, 0.3) is 0 Å². The van der Waals surface area contributed by atoms with E-state index >= 15 is 0 Å². The summed E-state index contributed by atoms with van der Waals surface area (Å²) in [6.07, 6.45) is 0.808. The first kappa shape index (κ1) is 10.2. The molecule has 0 aromatic heterocycles. The molecule has 0 heterocycles. The van der Waals surface area contributed by atoms with E-state index in [9.17, 15) is 4.79 Å². The summed E-state index contributed by atoms with van der Waals surface area (Å²) in [6.45, 7) is 0. The first-order valence-corrected chi connectivity index (χ1v) is 4.91. The van der Waals surface area contributed by atoms with E-state index in [1.165, 1.54) is 0 Å². The number of nitrogens with two attached hydrogens (primary N) is 2. The molecule has 0 atom stereocenters. The van der Waals surface area contributed by atoms with E-state index < -0.39 is 0 Å². The highest BCUT2D eigenvalue weighted by Gasteiger charge is 2.04. The van der Waals surface area contributed by atoms with Crippen molar-refractivity contribution in [3.63, 3.8) is 0 Å². The highest BCUT2D eigenvalue weighted by molar-refractivity contribution is 5.89. The summed E-state index contributed by atoms with van der Waals surface area (Å²) >= 11 is 0. The zero-order chi connectivity index (χ0) is 11.5. The molecule has 0 saturated heterocycles. The van der Waals surface area contributed by atoms with Crippen LogP contribution in [0.4, 0.5) is 11.4 Å². The highest BCUT2D eigenvalue weighted by Crippen LogP contribution is 2.25. The van der Waals surface area contributed by atoms with Crippen LogP contribution >= 0.6 is 0 Å². The largest absolute Gasteiger partial charge is 0.399 e. The molecule has 2 aromatic rings. The Morgan fingerprint density at radius 3 is 2.12 bits per heavy atom. The van der Waals surface area contributed by atoms with Crippen molar-refractivity contribution in [2.45, 2.75) is 0 Å². The van der Waals surface area contributed by atoms with Gasteiger partial charge in [0, 0.05) is 16.9 Å². The predicted octanol–water partition coefficient (Wildman–Crippen LogP) is 2.33. The molecule has 3 nitrogen and oxygen atoms in total. The fraction of sp³-hybridized carbons (Fsp3) is 0. The van der Waals surface area contributed by atoms with Gasteiger partial charge in [0.05, 0.1) is 0 Å². The number of anilines is 2. The average Bonchev–Trinajstić information content (AvgIpc) is 2.30. The van der Waals surface area contributed by atoms with Gasteiger partial charge in [-0.05, 0) is 35.4 Å². The Bertz CT molecular complexity index is 518. The minimum atomic E-state index is 0.585. The van der Waals surface area contributed by atoms with E-state index in [-0.39, 0.29) is 0 Å². The van der Waals surface area contributed by atoms with Crippen molar-refractivity contribution < 1.29 is 4.79 Å². The van der Waals surface area contributed by atoms with E-state index in [1.807, 2.05) is 18.2 Å². The van der Waals surface area contributed by atoms with Gasteiger partial charge in [-0.2, -0.15) is 0 Å². The number of nitrogen functional groups attached to an aromatic ring is 2. The number of hydrogen-bond donors (Lipinski definition) is 2. The monoisotopic (exact) mass is 212 g/mol. The molecule has 3 heteroatoms. The Labute approximate surface area is 93.7 Å². The van der Waals surface area contributed by atoms with Crippen LogP contribution in [0.15, 0.2) is 42.5 Å². The molecule has 4 N–H and O–H groups in total. The third-order valence-electron chi connectivity index (χ3n) is 2.42. The highest BCUT2D eigenvalue weighted by atomic mass is 16.1. The van der Waals surface area contributed by atoms with Gasteiger partial charge in [0.1, 0.15) is 0 Å². The molecule has 80 valence electrons. The minimum absolute atomic E-state index is 0.585. The lowest BCUT2D eigenvalue weighted by atomic mass is 10.00. The summed E-state index contributed by atoms with van der Waals surface area (Å²) in [5.41, 5.74) is 14.9. The summed E-state index contributed by atoms with van der Waals surface area (Å²) in [6, 6.07) is 12.7. The maximum atomic E-state index is 10.9. The lowest BCUT2D eigenvalue weighted by Gasteiger charge is -2.06. The fourth-order valence-corrected chi connectivity index (χ4v) is 1.60. The molecule has 2 rings (SSSR count). The van der Waals surface area contributed by atoms with Crippen LogP contribution in [0.2, 0.25) is 0 Å². The van der Waals surface area contributed by atoms with Crippen molar-refractivity contribution in [2.75, 3.05) is 11.5 Å². The second kappa shape index (κ2) is 4.06. The third kappa shape index (κ3) is 1.88. The molecule has 0 bridgehead atoms. The number of aldehydes is 1. The van der Waals surface area contributed by atoms with Crippen molar-refractivity contribution in [1.82, 2.24) is 0 Å². The van der Waals surface area contributed by atoms with Crippen LogP contribution in [-0.4, -0.2) is 6.29 Å². The molecular formula is C13H12N2O. The van der Waals surface area contributed by atoms with Crippen molar-refractivity contribution >= 4 is 17.7 Å². The molecule has 0 aliphatic carbocycles. The lowest BCUT2D eigenvalue weighted by Crippen LogP contribution is -1.92. The van der Waals surface area contributed by atoms with Crippen LogP contribution in [-0.2, 0) is 0 Å². The predicted molar refractivity (Wildman–Crippen MR) is 66.1 cm³/mol. The molecule has 0 aliphatic heterocycles. The van der Waals surface area contributed by atoms with E-state index in [0.717, 1.165) is 17.4 Å². The normalized spacial score (nSPS) is 10.0. The molecule has 0 unspecified atom stereocenters. The average molecular weight is 212 g/mol. The number of hydrogen-bond acceptors (Lipinski definition) is 3. The quantitative estimate of drug-likeness (QED) is 0.593. The fourth-order valence-electron chi connectivity index (χ4n) is 1.60. The molecule has 0 amide bonds. The Morgan fingerprint density at radius 1 is 0.875 bits per heavy atom. The molecule has 0 radical (unpaired) electrons. The van der Waals surface area contributed by atoms with E-state index in [2.05, 4.69) is 0 Å². The molecule has 0 aliphatic rings. The van der Waals surface area contributed by atoms with Crippen LogP contribution in [0.25, 0.3) is 11.1 Å². The number of carbonyl (C=O) groups excluding carboxylic acids is 1. The SMILES string of the molecule is Nc1ccc(-c2ccc(N)cc2C=O)cc1. The summed E-state index contributed by atoms with van der Waals surface area (Å²) in [5.74, 6) is 0. The van der Waals surface area contributed by atoms with Crippen LogP contribution in [0, 0.1) is 0 Å². The van der Waals surface area contributed by atoms with E-state index in [1.54, 1.807) is 24.3 Å². The van der Waals surface area contributed by atoms with Gasteiger partial charge in [-0.25, -0.2) is 0 Å². The number of benzene rings is 2. The number of rotatable bonds is 2. The molecule has 0 spiro atoms. The van der Waals surface area contributed by atoms with Crippen molar-refractivity contribution in [3.05, 3.63) is 48.0 Å². The van der Waals surface area contributed by atoms with Crippen LogP contribution < -0.4 is 11.5 Å². The van der Waals surface area contributed by atoms with Crippen molar-refractivity contribution in [2.24, 2.45) is 0 Å². The molecule has 16 heavy (non-hydrogen) atoms. The van der Waals surface area contributed by atoms with E-state index in [0.29, 0.717) is 16.9 Å². The summed E-state index contributed by atoms with van der Waals surface area (Å²) in [7, 11) is 0. The topological polar surface area (TPSA) is 69.1 Å². The van der Waals surface area contributed by atoms with Crippen LogP contribution in [0.1, 0.15) is 10.4 Å². The zero-order valence-electron chi connectivity index (χ0n) is 8.68. The van der Waals surface area contributed by atoms with Crippen LogP contribution in [0.5, 0.6) is 0 Å². The maximum absolute atomic E-state index is 10.9. The molecule has 0 saturated carbocycles. The van der Waals surface area contributed by atoms with Gasteiger partial charge in [0.15, 0.2) is 6.29 Å². The Morgan fingerprint density at radius 2 is 1.50 bits per heavy atom. The van der Waals surface area contributed by atoms with Gasteiger partial charge < -0.3 is 11.5 Å². The summed E-state index contributed by atoms with van der Waals surface area (Å²) in [5, 5.41) is 0. The maximum Gasteiger partial charge on any atom is 0.150 e. The standard InChI is InChI=1S/C13H12N2O/c14-11-3-1-9(2-4-11)13-6-5-12(15)7-10(13)8-16/h1-8H,14-15H2. The minimum Gasteiger partial charge on any atom is -0.399 e. The van der Waals surface area contributed by atoms with E-state index in [4.69, 9.17) is 11.5 Å². The smallest absolute Gasteiger partial charge is 0.150 e. The Kier molecular flexibility index (Phi) is 2.60. The zero-order valence-corrected chi connectivity index (χ0v) is 8.68. The second-order valence-electron chi connectivity index (χ2n) is 3.59. The van der Waals surface area contributed by atoms with Crippen LogP contribution in [0.3, 0.4) is 0 Å². The Hall–Kier alpha value is -2.29. The van der Waals surface area contributed by atoms with Gasteiger partial charge in [-0.3, -0.25) is 4.79 Å². The molecule has 2 aromatic carbocycles. The van der Waals surface area contributed by atoms with Gasteiger partial charge >= 0.3 is 0 Å². The molecular weight excluding hydrogens is 200 g/mol. The van der Waals surface area contributed by atoms with Crippen molar-refractivity contribution in [1.29, 1.82) is 0 Å².